The smallest absolute Gasteiger partial charge is 0.239 e. The zero-order valence-corrected chi connectivity index (χ0v) is 26.8. The molecule has 0 radical (unpaired) electrons. The molecule has 2 aliphatic rings. The number of ether oxygens (including phenoxy) is 4. The lowest BCUT2D eigenvalue weighted by molar-refractivity contribution is -0.318. The molecule has 51 heavy (non-hydrogen) atoms. The standard InChI is InChI=1S/C27H30O16.C6H8N2/c1-8-17(32)20(35)22(37)26(40-8)39-7-15-18(33)21(36)23(38)27(42-15)43-25-19(34)16-13(31)5-10(28)6-14(16)41-24(25)9-2-3-11(29)12(30)4-9;7-5-1-2-6(8)4-3-5/h2-6,8,15,17-18,20-23,26-33,35-38H,7H2,1H3;1-4H,7-8H2. The predicted octanol–water partition coefficient (Wildman–Crippen LogP) is -0.836. The van der Waals surface area contributed by atoms with Crippen LogP contribution in [-0.4, -0.2) is 119 Å². The van der Waals surface area contributed by atoms with Crippen molar-refractivity contribution in [3.05, 3.63) is 64.8 Å². The van der Waals surface area contributed by atoms with E-state index in [1.807, 2.05) is 0 Å². The van der Waals surface area contributed by atoms with E-state index in [1.165, 1.54) is 13.0 Å². The molecule has 4 aromatic rings. The van der Waals surface area contributed by atoms with Crippen LogP contribution in [0.4, 0.5) is 11.4 Å². The molecule has 10 atom stereocenters. The number of benzene rings is 3. The summed E-state index contributed by atoms with van der Waals surface area (Å²) in [6.07, 6.45) is -16.2. The van der Waals surface area contributed by atoms with Crippen LogP contribution < -0.4 is 21.6 Å². The molecule has 2 aliphatic heterocycles. The Morgan fingerprint density at radius 1 is 0.686 bits per heavy atom. The van der Waals surface area contributed by atoms with Crippen LogP contribution in [0.1, 0.15) is 6.92 Å². The normalized spacial score (nSPS) is 29.2. The van der Waals surface area contributed by atoms with Crippen molar-refractivity contribution in [3.8, 4) is 40.1 Å². The second-order valence-corrected chi connectivity index (χ2v) is 11.9. The second-order valence-electron chi connectivity index (χ2n) is 11.9. The van der Waals surface area contributed by atoms with Crippen LogP contribution in [0.15, 0.2) is 63.8 Å². The van der Waals surface area contributed by atoms with E-state index >= 15 is 0 Å². The summed E-state index contributed by atoms with van der Waals surface area (Å²) < 4.78 is 27.8. The molecule has 10 unspecified atom stereocenters. The van der Waals surface area contributed by atoms with Crippen LogP contribution in [0, 0.1) is 0 Å². The zero-order valence-electron chi connectivity index (χ0n) is 26.8. The molecule has 2 saturated heterocycles. The lowest BCUT2D eigenvalue weighted by Crippen LogP contribution is -2.61. The predicted molar refractivity (Wildman–Crippen MR) is 175 cm³/mol. The van der Waals surface area contributed by atoms with Crippen molar-refractivity contribution in [2.45, 2.75) is 68.3 Å². The Kier molecular flexibility index (Phi) is 11.1. The Balaban J connectivity index is 0.000000556. The van der Waals surface area contributed by atoms with Gasteiger partial charge >= 0.3 is 0 Å². The summed E-state index contributed by atoms with van der Waals surface area (Å²) in [5.41, 5.74) is 10.9. The Hall–Kier alpha value is -4.89. The number of aromatic hydroxyl groups is 4. The number of aliphatic hydroxyl groups is 6. The van der Waals surface area contributed by atoms with Gasteiger partial charge in [0, 0.05) is 29.1 Å². The maximum absolute atomic E-state index is 13.6. The fraction of sp³-hybridized carbons (Fsp3) is 0.364. The molecule has 6 rings (SSSR count). The van der Waals surface area contributed by atoms with Gasteiger partial charge in [0.05, 0.1) is 12.7 Å². The summed E-state index contributed by atoms with van der Waals surface area (Å²) in [6, 6.07) is 12.3. The fourth-order valence-electron chi connectivity index (χ4n) is 5.33. The van der Waals surface area contributed by atoms with Crippen LogP contribution >= 0.6 is 0 Å². The van der Waals surface area contributed by atoms with Gasteiger partial charge in [-0.05, 0) is 49.4 Å². The molecule has 2 fully saturated rings. The number of nitrogens with two attached hydrogens (primary N) is 2. The van der Waals surface area contributed by atoms with Gasteiger partial charge in [-0.2, -0.15) is 0 Å². The van der Waals surface area contributed by atoms with Crippen molar-refractivity contribution in [2.75, 3.05) is 18.1 Å². The zero-order chi connectivity index (χ0) is 37.3. The fourth-order valence-corrected chi connectivity index (χ4v) is 5.33. The van der Waals surface area contributed by atoms with Gasteiger partial charge < -0.3 is 85.9 Å². The quantitative estimate of drug-likeness (QED) is 0.0854. The number of nitrogen functional groups attached to an aromatic ring is 2. The van der Waals surface area contributed by atoms with E-state index in [1.54, 1.807) is 24.3 Å². The average Bonchev–Trinajstić information content (AvgIpc) is 3.09. The van der Waals surface area contributed by atoms with Crippen molar-refractivity contribution < 1.29 is 74.4 Å². The maximum Gasteiger partial charge on any atom is 0.239 e. The van der Waals surface area contributed by atoms with Gasteiger partial charge in [0.15, 0.2) is 23.5 Å². The minimum Gasteiger partial charge on any atom is -0.508 e. The highest BCUT2D eigenvalue weighted by atomic mass is 16.7. The van der Waals surface area contributed by atoms with Gasteiger partial charge in [-0.15, -0.1) is 0 Å². The van der Waals surface area contributed by atoms with Crippen LogP contribution in [0.2, 0.25) is 0 Å². The van der Waals surface area contributed by atoms with E-state index in [0.29, 0.717) is 0 Å². The highest BCUT2D eigenvalue weighted by molar-refractivity contribution is 5.88. The van der Waals surface area contributed by atoms with Crippen molar-refractivity contribution in [3.63, 3.8) is 0 Å². The van der Waals surface area contributed by atoms with Crippen LogP contribution in [0.25, 0.3) is 22.3 Å². The number of hydrogen-bond acceptors (Lipinski definition) is 18. The molecule has 276 valence electrons. The first-order valence-electron chi connectivity index (χ1n) is 15.4. The molecular formula is C33H38N2O16. The lowest BCUT2D eigenvalue weighted by atomic mass is 9.98. The van der Waals surface area contributed by atoms with Crippen LogP contribution in [0.3, 0.4) is 0 Å². The summed E-state index contributed by atoms with van der Waals surface area (Å²) in [5, 5.41) is 101. The molecule has 0 amide bonds. The van der Waals surface area contributed by atoms with E-state index < -0.39 is 113 Å². The van der Waals surface area contributed by atoms with Crippen molar-refractivity contribution in [1.82, 2.24) is 0 Å². The maximum atomic E-state index is 13.6. The number of anilines is 2. The van der Waals surface area contributed by atoms with Crippen LogP contribution in [0.5, 0.6) is 28.7 Å². The Bertz CT molecular complexity index is 1870. The number of rotatable bonds is 6. The minimum atomic E-state index is -1.97. The van der Waals surface area contributed by atoms with Gasteiger partial charge in [0.2, 0.25) is 17.5 Å². The van der Waals surface area contributed by atoms with E-state index in [9.17, 15) is 55.9 Å². The molecule has 0 spiro atoms. The topological polar surface area (TPSA) is 321 Å². The van der Waals surface area contributed by atoms with Crippen molar-refractivity contribution in [2.24, 2.45) is 0 Å². The highest BCUT2D eigenvalue weighted by Crippen LogP contribution is 2.39. The summed E-state index contributed by atoms with van der Waals surface area (Å²) in [5.74, 6) is -3.33. The van der Waals surface area contributed by atoms with Gasteiger partial charge in [-0.25, -0.2) is 0 Å². The number of hydrogen-bond donors (Lipinski definition) is 12. The van der Waals surface area contributed by atoms with Gasteiger partial charge in [-0.1, -0.05) is 0 Å². The average molecular weight is 719 g/mol. The van der Waals surface area contributed by atoms with Crippen molar-refractivity contribution in [1.29, 1.82) is 0 Å². The Morgan fingerprint density at radius 2 is 1.29 bits per heavy atom. The molecule has 0 bridgehead atoms. The first kappa shape index (κ1) is 37.4. The highest BCUT2D eigenvalue weighted by Gasteiger charge is 2.48. The van der Waals surface area contributed by atoms with E-state index in [0.717, 1.165) is 35.6 Å². The summed E-state index contributed by atoms with van der Waals surface area (Å²) in [6.45, 7) is 0.818. The summed E-state index contributed by atoms with van der Waals surface area (Å²) in [7, 11) is 0. The largest absolute Gasteiger partial charge is 0.508 e. The molecule has 1 aromatic heterocycles. The van der Waals surface area contributed by atoms with E-state index in [4.69, 9.17) is 34.8 Å². The van der Waals surface area contributed by atoms with Gasteiger partial charge in [0.25, 0.3) is 0 Å². The van der Waals surface area contributed by atoms with E-state index in [2.05, 4.69) is 0 Å². The molecule has 14 N–H and O–H groups in total. The third-order valence-corrected chi connectivity index (χ3v) is 8.23. The van der Waals surface area contributed by atoms with E-state index in [-0.39, 0.29) is 11.1 Å². The molecule has 18 nitrogen and oxygen atoms in total. The number of phenolic OH excluding ortho intramolecular Hbond substituents is 4. The molecule has 18 heteroatoms. The van der Waals surface area contributed by atoms with Crippen molar-refractivity contribution >= 4 is 22.3 Å². The van der Waals surface area contributed by atoms with Gasteiger partial charge in [-0.3, -0.25) is 4.79 Å². The first-order chi connectivity index (χ1) is 24.1. The minimum absolute atomic E-state index is 0.0313. The summed E-state index contributed by atoms with van der Waals surface area (Å²) >= 11 is 0. The Labute approximate surface area is 288 Å². The first-order valence-corrected chi connectivity index (χ1v) is 15.4. The molecule has 0 aliphatic carbocycles. The molecule has 3 aromatic carbocycles. The lowest BCUT2D eigenvalue weighted by Gasteiger charge is -2.42. The molecule has 0 saturated carbocycles. The molecular weight excluding hydrogens is 680 g/mol. The monoisotopic (exact) mass is 718 g/mol. The SMILES string of the molecule is CC1OC(OCC2OC(Oc3c(-c4ccc(O)c(O)c4)oc4cc(O)cc(O)c4c3=O)C(O)C(O)C2O)C(O)C(O)C1O.Nc1ccc(N)cc1. The van der Waals surface area contributed by atoms with Gasteiger partial charge in [0.1, 0.15) is 65.2 Å². The molecule has 3 heterocycles. The summed E-state index contributed by atoms with van der Waals surface area (Å²) in [4.78, 5) is 13.6. The number of phenols is 4. The second kappa shape index (κ2) is 15.2. The Morgan fingerprint density at radius 3 is 1.92 bits per heavy atom. The third kappa shape index (κ3) is 7.89. The van der Waals surface area contributed by atoms with Crippen LogP contribution in [-0.2, 0) is 14.2 Å². The number of fused-ring (bicyclic) bond motifs is 1. The third-order valence-electron chi connectivity index (χ3n) is 8.23. The number of aliphatic hydroxyl groups excluding tert-OH is 6.